The predicted octanol–water partition coefficient (Wildman–Crippen LogP) is 4.73. The van der Waals surface area contributed by atoms with Crippen LogP contribution in [0, 0.1) is 88.8 Å². The first-order valence-electron chi connectivity index (χ1n) is 13.8. The monoisotopic (exact) mass is 450 g/mol. The lowest BCUT2D eigenvalue weighted by Crippen LogP contribution is -2.52. The largest absolute Gasteiger partial charge is 0.461 e. The van der Waals surface area contributed by atoms with Gasteiger partial charge in [-0.2, -0.15) is 0 Å². The summed E-state index contributed by atoms with van der Waals surface area (Å²) >= 11 is 0. The van der Waals surface area contributed by atoms with E-state index in [2.05, 4.69) is 12.2 Å². The highest BCUT2D eigenvalue weighted by atomic mass is 16.6. The topological polar surface area (TPSA) is 52.6 Å². The summed E-state index contributed by atoms with van der Waals surface area (Å²) in [5, 5.41) is 0. The van der Waals surface area contributed by atoms with Crippen molar-refractivity contribution in [2.75, 3.05) is 0 Å². The molecule has 8 rings (SSSR count). The first-order valence-corrected chi connectivity index (χ1v) is 13.8. The molecule has 0 N–H and O–H groups in total. The molecule has 0 amide bonds. The van der Waals surface area contributed by atoms with Gasteiger partial charge in [-0.15, -0.1) is 0 Å². The third kappa shape index (κ3) is 2.30. The SMILES string of the molecule is CC(=O)OC1C2CC(C1C(=O)OC(C)(C)C)C1C3CC(C21)C1C2CC(C4C5C=CC(C5)C24)C31. The molecule has 0 aliphatic heterocycles. The molecule has 16 unspecified atom stereocenters. The van der Waals surface area contributed by atoms with Crippen LogP contribution in [-0.4, -0.2) is 23.6 Å². The first-order chi connectivity index (χ1) is 15.7. The Morgan fingerprint density at radius 3 is 1.73 bits per heavy atom. The van der Waals surface area contributed by atoms with Crippen LogP contribution < -0.4 is 0 Å². The maximum atomic E-state index is 13.4. The van der Waals surface area contributed by atoms with E-state index in [-0.39, 0.29) is 24.0 Å². The van der Waals surface area contributed by atoms with Crippen molar-refractivity contribution in [3.8, 4) is 0 Å². The Kier molecular flexibility index (Phi) is 3.67. The quantitative estimate of drug-likeness (QED) is 0.347. The van der Waals surface area contributed by atoms with E-state index in [9.17, 15) is 9.59 Å². The van der Waals surface area contributed by atoms with Crippen molar-refractivity contribution in [1.29, 1.82) is 0 Å². The number of ether oxygens (including phenoxy) is 2. The highest BCUT2D eigenvalue weighted by Crippen LogP contribution is 2.81. The van der Waals surface area contributed by atoms with Crippen LogP contribution in [0.25, 0.3) is 0 Å². The van der Waals surface area contributed by atoms with E-state index in [1.807, 2.05) is 20.8 Å². The Bertz CT molecular complexity index is 961. The Morgan fingerprint density at radius 2 is 1.18 bits per heavy atom. The molecule has 8 aliphatic rings. The predicted molar refractivity (Wildman–Crippen MR) is 121 cm³/mol. The Morgan fingerprint density at radius 1 is 0.697 bits per heavy atom. The molecular weight excluding hydrogens is 412 g/mol. The van der Waals surface area contributed by atoms with E-state index in [1.165, 1.54) is 26.2 Å². The molecule has 7 saturated carbocycles. The van der Waals surface area contributed by atoms with E-state index in [4.69, 9.17) is 9.47 Å². The maximum Gasteiger partial charge on any atom is 0.313 e. The molecule has 0 saturated heterocycles. The number of esters is 2. The lowest BCUT2D eigenvalue weighted by Gasteiger charge is -2.51. The van der Waals surface area contributed by atoms with E-state index in [0.29, 0.717) is 23.7 Å². The third-order valence-electron chi connectivity index (χ3n) is 12.3. The van der Waals surface area contributed by atoms with Gasteiger partial charge in [-0.1, -0.05) is 12.2 Å². The third-order valence-corrected chi connectivity index (χ3v) is 12.3. The molecule has 178 valence electrons. The molecule has 0 aromatic heterocycles. The first kappa shape index (κ1) is 19.9. The van der Waals surface area contributed by atoms with E-state index >= 15 is 0 Å². The van der Waals surface area contributed by atoms with Gasteiger partial charge >= 0.3 is 11.9 Å². The highest BCUT2D eigenvalue weighted by molar-refractivity contribution is 5.76. The number of hydrogen-bond acceptors (Lipinski definition) is 4. The van der Waals surface area contributed by atoms with Gasteiger partial charge in [0.05, 0.1) is 5.92 Å². The molecule has 0 heterocycles. The minimum atomic E-state index is -0.506. The maximum absolute atomic E-state index is 13.4. The van der Waals surface area contributed by atoms with Gasteiger partial charge in [0.25, 0.3) is 0 Å². The number of carbonyl (C=O) groups is 2. The van der Waals surface area contributed by atoms with Crippen molar-refractivity contribution in [2.24, 2.45) is 88.8 Å². The second-order valence-electron chi connectivity index (χ2n) is 14.2. The fraction of sp³-hybridized carbons (Fsp3) is 0.862. The number of carbonyl (C=O) groups excluding carboxylic acids is 2. The van der Waals surface area contributed by atoms with Gasteiger partial charge in [0, 0.05) is 12.8 Å². The molecule has 0 spiro atoms. The smallest absolute Gasteiger partial charge is 0.313 e. The van der Waals surface area contributed by atoms with Crippen molar-refractivity contribution >= 4 is 11.9 Å². The number of rotatable bonds is 2. The molecule has 4 heteroatoms. The Hall–Kier alpha value is -1.32. The molecule has 4 nitrogen and oxygen atoms in total. The van der Waals surface area contributed by atoms with Gasteiger partial charge in [-0.05, 0) is 123 Å². The number of allylic oxidation sites excluding steroid dienone is 2. The Labute approximate surface area is 197 Å². The highest BCUT2D eigenvalue weighted by Gasteiger charge is 2.78. The summed E-state index contributed by atoms with van der Waals surface area (Å²) in [6.45, 7) is 7.34. The van der Waals surface area contributed by atoms with Gasteiger partial charge in [-0.25, -0.2) is 0 Å². The average Bonchev–Trinajstić information content (AvgIpc) is 3.56. The summed E-state index contributed by atoms with van der Waals surface area (Å²) in [5.74, 6) is 10.5. The Balaban J connectivity index is 1.13. The number of hydrogen-bond donors (Lipinski definition) is 0. The zero-order chi connectivity index (χ0) is 22.5. The zero-order valence-electron chi connectivity index (χ0n) is 20.4. The van der Waals surface area contributed by atoms with Crippen LogP contribution in [-0.2, 0) is 19.1 Å². The molecule has 8 bridgehead atoms. The summed E-state index contributed by atoms with van der Waals surface area (Å²) < 4.78 is 11.8. The van der Waals surface area contributed by atoms with Crippen LogP contribution in [0.3, 0.4) is 0 Å². The van der Waals surface area contributed by atoms with Crippen molar-refractivity contribution in [2.45, 2.75) is 65.1 Å². The van der Waals surface area contributed by atoms with Crippen molar-refractivity contribution < 1.29 is 19.1 Å². The molecule has 33 heavy (non-hydrogen) atoms. The van der Waals surface area contributed by atoms with Crippen LogP contribution >= 0.6 is 0 Å². The average molecular weight is 451 g/mol. The van der Waals surface area contributed by atoms with Crippen molar-refractivity contribution in [3.05, 3.63) is 12.2 Å². The minimum Gasteiger partial charge on any atom is -0.461 e. The summed E-state index contributed by atoms with van der Waals surface area (Å²) in [6, 6.07) is 0. The van der Waals surface area contributed by atoms with Crippen LogP contribution in [0.1, 0.15) is 53.4 Å². The fourth-order valence-corrected chi connectivity index (χ4v) is 12.5. The lowest BCUT2D eigenvalue weighted by atomic mass is 9.54. The zero-order valence-corrected chi connectivity index (χ0v) is 20.4. The molecule has 0 radical (unpaired) electrons. The van der Waals surface area contributed by atoms with Crippen LogP contribution in [0.15, 0.2) is 12.2 Å². The summed E-state index contributed by atoms with van der Waals surface area (Å²) in [5.41, 5.74) is -0.506. The molecule has 0 aromatic carbocycles. The summed E-state index contributed by atoms with van der Waals surface area (Å²) in [4.78, 5) is 25.5. The molecule has 8 aliphatic carbocycles. The van der Waals surface area contributed by atoms with Crippen molar-refractivity contribution in [3.63, 3.8) is 0 Å². The van der Waals surface area contributed by atoms with Crippen molar-refractivity contribution in [1.82, 2.24) is 0 Å². The summed E-state index contributed by atoms with van der Waals surface area (Å²) in [6.07, 6.45) is 10.3. The molecular formula is C29H38O4. The molecule has 0 aromatic rings. The standard InChI is InChI=1S/C29H38O4/c1-11(30)32-27-19-10-18(26(27)28(31)33-29(2,3)4)24-16-9-17(25(19)24)23-15-8-14(22(16)23)20-12-5-6-13(7-12)21(15)20/h5-6,12-27H,7-10H2,1-4H3. The van der Waals surface area contributed by atoms with E-state index < -0.39 is 5.60 Å². The fourth-order valence-electron chi connectivity index (χ4n) is 12.5. The lowest BCUT2D eigenvalue weighted by molar-refractivity contribution is -0.178. The summed E-state index contributed by atoms with van der Waals surface area (Å²) in [7, 11) is 0. The van der Waals surface area contributed by atoms with E-state index in [1.54, 1.807) is 0 Å². The molecule has 16 atom stereocenters. The van der Waals surface area contributed by atoms with Gasteiger partial charge in [0.1, 0.15) is 11.7 Å². The normalized spacial score (nSPS) is 59.8. The van der Waals surface area contributed by atoms with Crippen LogP contribution in [0.4, 0.5) is 0 Å². The van der Waals surface area contributed by atoms with E-state index in [0.717, 1.165) is 65.6 Å². The minimum absolute atomic E-state index is 0.120. The van der Waals surface area contributed by atoms with Gasteiger partial charge in [-0.3, -0.25) is 9.59 Å². The van der Waals surface area contributed by atoms with Gasteiger partial charge < -0.3 is 9.47 Å². The number of fused-ring (bicyclic) bond motifs is 23. The van der Waals surface area contributed by atoms with Gasteiger partial charge in [0.2, 0.25) is 0 Å². The van der Waals surface area contributed by atoms with Gasteiger partial charge in [0.15, 0.2) is 0 Å². The second kappa shape index (κ2) is 6.08. The second-order valence-corrected chi connectivity index (χ2v) is 14.2. The van der Waals surface area contributed by atoms with Crippen LogP contribution in [0.2, 0.25) is 0 Å². The molecule has 7 fully saturated rings. The van der Waals surface area contributed by atoms with Crippen LogP contribution in [0.5, 0.6) is 0 Å².